The van der Waals surface area contributed by atoms with Gasteiger partial charge in [-0.1, -0.05) is 30.3 Å². The van der Waals surface area contributed by atoms with Gasteiger partial charge in [-0.2, -0.15) is 10.4 Å². The highest BCUT2D eigenvalue weighted by Crippen LogP contribution is 2.27. The van der Waals surface area contributed by atoms with Gasteiger partial charge in [0.1, 0.15) is 0 Å². The van der Waals surface area contributed by atoms with Gasteiger partial charge in [0.15, 0.2) is 0 Å². The van der Waals surface area contributed by atoms with Crippen LogP contribution in [0.1, 0.15) is 5.56 Å². The van der Waals surface area contributed by atoms with Gasteiger partial charge in [0.2, 0.25) is 0 Å². The van der Waals surface area contributed by atoms with Crippen molar-refractivity contribution in [2.75, 3.05) is 0 Å². The van der Waals surface area contributed by atoms with Crippen molar-refractivity contribution < 1.29 is 0 Å². The lowest BCUT2D eigenvalue weighted by Crippen LogP contribution is -1.86. The van der Waals surface area contributed by atoms with Crippen molar-refractivity contribution in [3.05, 3.63) is 72.7 Å². The van der Waals surface area contributed by atoms with Crippen LogP contribution in [0.4, 0.5) is 0 Å². The standard InChI is InChI=1S/C20H14N4/c1-24-13-18(12-23-24)15-4-2-14(3-5-15)16-6-7-20-19(10-16)17(11-21)8-9-22-20/h2-10,12-13H,1H3. The quantitative estimate of drug-likeness (QED) is 0.558. The van der Waals surface area contributed by atoms with E-state index < -0.39 is 0 Å². The summed E-state index contributed by atoms with van der Waals surface area (Å²) in [6.07, 6.45) is 5.52. The van der Waals surface area contributed by atoms with E-state index in [0.717, 1.165) is 33.2 Å². The average molecular weight is 310 g/mol. The van der Waals surface area contributed by atoms with Crippen molar-refractivity contribution >= 4 is 10.9 Å². The highest BCUT2D eigenvalue weighted by atomic mass is 15.2. The molecular formula is C20H14N4. The maximum absolute atomic E-state index is 9.28. The molecule has 2 aromatic carbocycles. The minimum atomic E-state index is 0.647. The lowest BCUT2D eigenvalue weighted by molar-refractivity contribution is 0.768. The molecule has 0 saturated heterocycles. The molecule has 0 atom stereocenters. The molecule has 0 aliphatic rings. The zero-order valence-corrected chi connectivity index (χ0v) is 13.1. The molecular weight excluding hydrogens is 296 g/mol. The maximum Gasteiger partial charge on any atom is 0.0999 e. The lowest BCUT2D eigenvalue weighted by atomic mass is 9.99. The number of aromatic nitrogens is 3. The van der Waals surface area contributed by atoms with Gasteiger partial charge in [-0.25, -0.2) is 0 Å². The van der Waals surface area contributed by atoms with Crippen LogP contribution < -0.4 is 0 Å². The lowest BCUT2D eigenvalue weighted by Gasteiger charge is -2.06. The van der Waals surface area contributed by atoms with E-state index in [-0.39, 0.29) is 0 Å². The monoisotopic (exact) mass is 310 g/mol. The predicted molar refractivity (Wildman–Crippen MR) is 94.1 cm³/mol. The van der Waals surface area contributed by atoms with E-state index in [2.05, 4.69) is 40.4 Å². The third-order valence-corrected chi connectivity index (χ3v) is 4.12. The Labute approximate surface area is 139 Å². The number of hydrogen-bond donors (Lipinski definition) is 0. The number of fused-ring (bicyclic) bond motifs is 1. The van der Waals surface area contributed by atoms with Gasteiger partial charge in [0.25, 0.3) is 0 Å². The molecule has 0 unspecified atom stereocenters. The highest BCUT2D eigenvalue weighted by molar-refractivity contribution is 5.89. The first kappa shape index (κ1) is 14.2. The van der Waals surface area contributed by atoms with Gasteiger partial charge in [-0.15, -0.1) is 0 Å². The SMILES string of the molecule is Cn1cc(-c2ccc(-c3ccc4nccc(C#N)c4c3)cc2)cn1. The Morgan fingerprint density at radius 1 is 0.917 bits per heavy atom. The summed E-state index contributed by atoms with van der Waals surface area (Å²) in [5.74, 6) is 0. The van der Waals surface area contributed by atoms with Crippen LogP contribution in [0.25, 0.3) is 33.2 Å². The van der Waals surface area contributed by atoms with Gasteiger partial charge in [-0.05, 0) is 34.9 Å². The molecule has 0 bridgehead atoms. The first-order valence-corrected chi connectivity index (χ1v) is 7.63. The van der Waals surface area contributed by atoms with Crippen LogP contribution in [0, 0.1) is 11.3 Å². The molecule has 0 N–H and O–H groups in total. The van der Waals surface area contributed by atoms with Crippen LogP contribution in [-0.2, 0) is 7.05 Å². The molecule has 2 heterocycles. The van der Waals surface area contributed by atoms with Crippen LogP contribution in [0.5, 0.6) is 0 Å². The van der Waals surface area contributed by atoms with Gasteiger partial charge < -0.3 is 0 Å². The molecule has 0 saturated carbocycles. The zero-order chi connectivity index (χ0) is 16.5. The molecule has 0 amide bonds. The third-order valence-electron chi connectivity index (χ3n) is 4.12. The molecule has 2 aromatic heterocycles. The van der Waals surface area contributed by atoms with Crippen LogP contribution in [0.15, 0.2) is 67.1 Å². The smallest absolute Gasteiger partial charge is 0.0999 e. The Balaban J connectivity index is 1.76. The van der Waals surface area contributed by atoms with Gasteiger partial charge in [-0.3, -0.25) is 9.67 Å². The molecule has 0 radical (unpaired) electrons. The summed E-state index contributed by atoms with van der Waals surface area (Å²) in [4.78, 5) is 4.32. The average Bonchev–Trinajstić information content (AvgIpc) is 3.07. The second-order valence-corrected chi connectivity index (χ2v) is 5.68. The summed E-state index contributed by atoms with van der Waals surface area (Å²) in [5, 5.41) is 14.4. The largest absolute Gasteiger partial charge is 0.275 e. The minimum Gasteiger partial charge on any atom is -0.275 e. The normalized spacial score (nSPS) is 10.7. The number of nitrogens with zero attached hydrogens (tertiary/aromatic N) is 4. The number of benzene rings is 2. The molecule has 4 rings (SSSR count). The third kappa shape index (κ3) is 2.42. The van der Waals surface area contributed by atoms with Gasteiger partial charge in [0, 0.05) is 30.4 Å². The zero-order valence-electron chi connectivity index (χ0n) is 13.1. The Hall–Kier alpha value is -3.45. The summed E-state index contributed by atoms with van der Waals surface area (Å²) in [5.41, 5.74) is 5.89. The molecule has 0 aliphatic heterocycles. The molecule has 4 aromatic rings. The first-order chi connectivity index (χ1) is 11.7. The number of hydrogen-bond acceptors (Lipinski definition) is 3. The fourth-order valence-electron chi connectivity index (χ4n) is 2.85. The second-order valence-electron chi connectivity index (χ2n) is 5.68. The summed E-state index contributed by atoms with van der Waals surface area (Å²) in [7, 11) is 1.91. The highest BCUT2D eigenvalue weighted by Gasteiger charge is 2.06. The number of pyridine rings is 1. The van der Waals surface area contributed by atoms with Crippen molar-refractivity contribution in [3.8, 4) is 28.3 Å². The summed E-state index contributed by atoms with van der Waals surface area (Å²) >= 11 is 0. The van der Waals surface area contributed by atoms with Crippen molar-refractivity contribution in [1.82, 2.24) is 14.8 Å². The number of aryl methyl sites for hydroxylation is 1. The molecule has 0 aliphatic carbocycles. The van der Waals surface area contributed by atoms with Crippen LogP contribution in [0.3, 0.4) is 0 Å². The fourth-order valence-corrected chi connectivity index (χ4v) is 2.85. The molecule has 24 heavy (non-hydrogen) atoms. The van der Waals surface area contributed by atoms with Crippen LogP contribution in [-0.4, -0.2) is 14.8 Å². The van der Waals surface area contributed by atoms with E-state index in [1.165, 1.54) is 0 Å². The van der Waals surface area contributed by atoms with Crippen LogP contribution >= 0.6 is 0 Å². The topological polar surface area (TPSA) is 54.5 Å². The molecule has 4 heteroatoms. The van der Waals surface area contributed by atoms with E-state index in [1.807, 2.05) is 37.6 Å². The van der Waals surface area contributed by atoms with Gasteiger partial charge in [0.05, 0.1) is 23.3 Å². The van der Waals surface area contributed by atoms with E-state index in [9.17, 15) is 5.26 Å². The van der Waals surface area contributed by atoms with E-state index in [1.54, 1.807) is 16.9 Å². The van der Waals surface area contributed by atoms with Crippen molar-refractivity contribution in [3.63, 3.8) is 0 Å². The van der Waals surface area contributed by atoms with Crippen molar-refractivity contribution in [2.24, 2.45) is 7.05 Å². The molecule has 4 nitrogen and oxygen atoms in total. The Bertz CT molecular complexity index is 1070. The second kappa shape index (κ2) is 5.64. The predicted octanol–water partition coefficient (Wildman–Crippen LogP) is 4.17. The van der Waals surface area contributed by atoms with E-state index in [0.29, 0.717) is 5.56 Å². The Morgan fingerprint density at radius 3 is 2.29 bits per heavy atom. The first-order valence-electron chi connectivity index (χ1n) is 7.63. The van der Waals surface area contributed by atoms with Gasteiger partial charge >= 0.3 is 0 Å². The van der Waals surface area contributed by atoms with E-state index >= 15 is 0 Å². The minimum absolute atomic E-state index is 0.647. The summed E-state index contributed by atoms with van der Waals surface area (Å²) < 4.78 is 1.79. The number of rotatable bonds is 2. The molecule has 114 valence electrons. The molecule has 0 fully saturated rings. The maximum atomic E-state index is 9.28. The summed E-state index contributed by atoms with van der Waals surface area (Å²) in [6.45, 7) is 0. The van der Waals surface area contributed by atoms with Crippen molar-refractivity contribution in [1.29, 1.82) is 5.26 Å². The summed E-state index contributed by atoms with van der Waals surface area (Å²) in [6, 6.07) is 18.4. The molecule has 0 spiro atoms. The Morgan fingerprint density at radius 2 is 1.62 bits per heavy atom. The van der Waals surface area contributed by atoms with Crippen molar-refractivity contribution in [2.45, 2.75) is 0 Å². The number of nitriles is 1. The van der Waals surface area contributed by atoms with E-state index in [4.69, 9.17) is 0 Å². The fraction of sp³-hybridized carbons (Fsp3) is 0.0500. The van der Waals surface area contributed by atoms with Crippen LogP contribution in [0.2, 0.25) is 0 Å². The Kier molecular flexibility index (Phi) is 3.33.